The van der Waals surface area contributed by atoms with Gasteiger partial charge in [-0.2, -0.15) is 13.2 Å². The van der Waals surface area contributed by atoms with Crippen molar-refractivity contribution in [2.75, 3.05) is 0 Å². The fourth-order valence-electron chi connectivity index (χ4n) is 2.12. The lowest BCUT2D eigenvalue weighted by Gasteiger charge is -2.19. The van der Waals surface area contributed by atoms with Crippen molar-refractivity contribution >= 4 is 10.0 Å². The van der Waals surface area contributed by atoms with Gasteiger partial charge in [0.15, 0.2) is 0 Å². The van der Waals surface area contributed by atoms with Crippen LogP contribution < -0.4 is 4.72 Å². The van der Waals surface area contributed by atoms with Crippen LogP contribution >= 0.6 is 0 Å². The summed E-state index contributed by atoms with van der Waals surface area (Å²) in [4.78, 5) is 3.08. The molecule has 1 aromatic carbocycles. The third-order valence-electron chi connectivity index (χ3n) is 3.29. The van der Waals surface area contributed by atoms with Gasteiger partial charge in [0.25, 0.3) is 0 Å². The standard InChI is InChI=1S/C14H16F3N3O2S/c1-2-11(9-20-8-7-18-10-20)19-23(21,22)13-6-4-3-5-12(13)14(15,16)17/h3-8,10-11,19H,2,9H2,1H3/t11-/m1/s1. The van der Waals surface area contributed by atoms with Gasteiger partial charge in [0.2, 0.25) is 10.0 Å². The van der Waals surface area contributed by atoms with E-state index in [1.54, 1.807) is 23.9 Å². The van der Waals surface area contributed by atoms with Gasteiger partial charge in [0, 0.05) is 25.0 Å². The van der Waals surface area contributed by atoms with Crippen LogP contribution in [-0.2, 0) is 22.7 Å². The second-order valence-corrected chi connectivity index (χ2v) is 6.66. The SMILES string of the molecule is CC[C@H](Cn1ccnc1)NS(=O)(=O)c1ccccc1C(F)(F)F. The highest BCUT2D eigenvalue weighted by molar-refractivity contribution is 7.89. The van der Waals surface area contributed by atoms with E-state index in [1.807, 2.05) is 0 Å². The first-order valence-electron chi connectivity index (χ1n) is 6.88. The number of rotatable bonds is 6. The van der Waals surface area contributed by atoms with E-state index in [-0.39, 0.29) is 6.54 Å². The van der Waals surface area contributed by atoms with Gasteiger partial charge in [-0.15, -0.1) is 0 Å². The molecule has 1 atom stereocenters. The Kier molecular flexibility index (Phi) is 5.10. The van der Waals surface area contributed by atoms with Crippen LogP contribution in [0.1, 0.15) is 18.9 Å². The minimum absolute atomic E-state index is 0.282. The number of hydrogen-bond donors (Lipinski definition) is 1. The second-order valence-electron chi connectivity index (χ2n) is 4.98. The lowest BCUT2D eigenvalue weighted by molar-refractivity contribution is -0.139. The Labute approximate surface area is 132 Å². The molecule has 1 aromatic heterocycles. The van der Waals surface area contributed by atoms with Gasteiger partial charge in [0.1, 0.15) is 0 Å². The molecule has 0 aliphatic carbocycles. The van der Waals surface area contributed by atoms with Crippen LogP contribution in [0.2, 0.25) is 0 Å². The molecule has 2 rings (SSSR count). The number of alkyl halides is 3. The minimum atomic E-state index is -4.74. The Hall–Kier alpha value is -1.87. The summed E-state index contributed by atoms with van der Waals surface area (Å²) < 4.78 is 67.7. The normalized spacial score (nSPS) is 13.9. The first-order chi connectivity index (χ1) is 10.7. The van der Waals surface area contributed by atoms with Gasteiger partial charge in [0.05, 0.1) is 16.8 Å². The maximum absolute atomic E-state index is 13.0. The number of hydrogen-bond acceptors (Lipinski definition) is 3. The molecule has 1 heterocycles. The molecular formula is C14H16F3N3O2S. The molecule has 5 nitrogen and oxygen atoms in total. The van der Waals surface area contributed by atoms with Crippen LogP contribution in [0.3, 0.4) is 0 Å². The molecule has 0 saturated carbocycles. The molecule has 0 amide bonds. The smallest absolute Gasteiger partial charge is 0.336 e. The Morgan fingerprint density at radius 2 is 2.00 bits per heavy atom. The Morgan fingerprint density at radius 3 is 2.57 bits per heavy atom. The lowest BCUT2D eigenvalue weighted by Crippen LogP contribution is -2.38. The maximum atomic E-state index is 13.0. The summed E-state index contributed by atoms with van der Waals surface area (Å²) in [6.07, 6.45) is 0.393. The highest BCUT2D eigenvalue weighted by Crippen LogP contribution is 2.33. The molecule has 0 radical (unpaired) electrons. The summed E-state index contributed by atoms with van der Waals surface area (Å²) in [6.45, 7) is 2.03. The van der Waals surface area contributed by atoms with Crippen LogP contribution in [0.15, 0.2) is 47.9 Å². The van der Waals surface area contributed by atoms with Gasteiger partial charge >= 0.3 is 6.18 Å². The van der Waals surface area contributed by atoms with Gasteiger partial charge in [-0.1, -0.05) is 19.1 Å². The van der Waals surface area contributed by atoms with Gasteiger partial charge < -0.3 is 4.57 Å². The van der Waals surface area contributed by atoms with Crippen molar-refractivity contribution in [2.45, 2.75) is 37.0 Å². The molecule has 0 aliphatic rings. The van der Waals surface area contributed by atoms with Crippen LogP contribution in [0, 0.1) is 0 Å². The highest BCUT2D eigenvalue weighted by atomic mass is 32.2. The fraction of sp³-hybridized carbons (Fsp3) is 0.357. The van der Waals surface area contributed by atoms with Crippen molar-refractivity contribution < 1.29 is 21.6 Å². The van der Waals surface area contributed by atoms with E-state index in [1.165, 1.54) is 12.4 Å². The van der Waals surface area contributed by atoms with E-state index in [2.05, 4.69) is 9.71 Å². The largest absolute Gasteiger partial charge is 0.417 e. The van der Waals surface area contributed by atoms with E-state index >= 15 is 0 Å². The van der Waals surface area contributed by atoms with Crippen molar-refractivity contribution in [3.05, 3.63) is 48.5 Å². The van der Waals surface area contributed by atoms with Gasteiger partial charge in [-0.05, 0) is 18.6 Å². The number of aromatic nitrogens is 2. The van der Waals surface area contributed by atoms with Crippen LogP contribution in [0.25, 0.3) is 0 Å². The van der Waals surface area contributed by atoms with Crippen LogP contribution in [0.4, 0.5) is 13.2 Å². The van der Waals surface area contributed by atoms with Crippen LogP contribution in [-0.4, -0.2) is 24.0 Å². The Balaban J connectivity index is 2.28. The summed E-state index contributed by atoms with van der Waals surface area (Å²) in [5.41, 5.74) is -1.18. The molecule has 126 valence electrons. The van der Waals surface area contributed by atoms with Crippen LogP contribution in [0.5, 0.6) is 0 Å². The van der Waals surface area contributed by atoms with E-state index in [4.69, 9.17) is 0 Å². The Morgan fingerprint density at radius 1 is 1.30 bits per heavy atom. The molecule has 0 bridgehead atoms. The summed E-state index contributed by atoms with van der Waals surface area (Å²) >= 11 is 0. The number of halogens is 3. The van der Waals surface area contributed by atoms with Crippen molar-refractivity contribution in [3.8, 4) is 0 Å². The molecular weight excluding hydrogens is 331 g/mol. The molecule has 0 saturated heterocycles. The molecule has 23 heavy (non-hydrogen) atoms. The average Bonchev–Trinajstić information content (AvgIpc) is 2.98. The average molecular weight is 347 g/mol. The van der Waals surface area contributed by atoms with E-state index < -0.39 is 32.7 Å². The lowest BCUT2D eigenvalue weighted by atomic mass is 10.2. The van der Waals surface area contributed by atoms with Gasteiger partial charge in [-0.25, -0.2) is 18.1 Å². The predicted molar refractivity (Wildman–Crippen MR) is 78.1 cm³/mol. The van der Waals surface area contributed by atoms with Crippen molar-refractivity contribution in [2.24, 2.45) is 0 Å². The van der Waals surface area contributed by atoms with E-state index in [9.17, 15) is 21.6 Å². The summed E-state index contributed by atoms with van der Waals surface area (Å²) in [7, 11) is -4.29. The zero-order chi connectivity index (χ0) is 17.1. The topological polar surface area (TPSA) is 64.0 Å². The number of nitrogens with zero attached hydrogens (tertiary/aromatic N) is 2. The summed E-state index contributed by atoms with van der Waals surface area (Å²) in [5, 5.41) is 0. The van der Waals surface area contributed by atoms with E-state index in [0.717, 1.165) is 18.2 Å². The van der Waals surface area contributed by atoms with Crippen molar-refractivity contribution in [1.82, 2.24) is 14.3 Å². The quantitative estimate of drug-likeness (QED) is 0.874. The minimum Gasteiger partial charge on any atom is -0.336 e. The second kappa shape index (κ2) is 6.71. The zero-order valence-electron chi connectivity index (χ0n) is 12.3. The molecule has 1 N–H and O–H groups in total. The number of nitrogens with one attached hydrogen (secondary N) is 1. The molecule has 0 spiro atoms. The number of imidazole rings is 1. The first kappa shape index (κ1) is 17.5. The molecule has 9 heteroatoms. The molecule has 0 aliphatic heterocycles. The molecule has 0 fully saturated rings. The number of benzene rings is 1. The third kappa shape index (κ3) is 4.32. The zero-order valence-corrected chi connectivity index (χ0v) is 13.1. The van der Waals surface area contributed by atoms with Gasteiger partial charge in [-0.3, -0.25) is 0 Å². The summed E-state index contributed by atoms with van der Waals surface area (Å²) in [6, 6.07) is 3.58. The fourth-order valence-corrected chi connectivity index (χ4v) is 3.65. The van der Waals surface area contributed by atoms with E-state index in [0.29, 0.717) is 6.42 Å². The predicted octanol–water partition coefficient (Wildman–Crippen LogP) is 2.66. The van der Waals surface area contributed by atoms with Crippen molar-refractivity contribution in [1.29, 1.82) is 0 Å². The first-order valence-corrected chi connectivity index (χ1v) is 8.36. The maximum Gasteiger partial charge on any atom is 0.417 e. The van der Waals surface area contributed by atoms with Crippen molar-refractivity contribution in [3.63, 3.8) is 0 Å². The summed E-state index contributed by atoms with van der Waals surface area (Å²) in [5.74, 6) is 0. The third-order valence-corrected chi connectivity index (χ3v) is 4.87. The number of sulfonamides is 1. The molecule has 0 unspecified atom stereocenters. The monoisotopic (exact) mass is 347 g/mol. The molecule has 2 aromatic rings. The Bertz CT molecular complexity index is 743. The highest BCUT2D eigenvalue weighted by Gasteiger charge is 2.37.